The fraction of sp³-hybridized carbons (Fsp3) is 0.282. The Morgan fingerprint density at radius 2 is 1.00 bits per heavy atom. The third kappa shape index (κ3) is 8.41. The first-order chi connectivity index (χ1) is 24.2. The number of carbonyl (C=O) groups is 4. The number of ketones is 2. The lowest BCUT2D eigenvalue weighted by Gasteiger charge is -2.21. The Bertz CT molecular complexity index is 1860. The van der Waals surface area contributed by atoms with E-state index in [4.69, 9.17) is 9.47 Å². The SMILES string of the molecule is CCN(CC)c1ccc(C(=O)c2ccccc2C(=O)OCCCOC(=O)c2ccccc2C(=O)c2ccc(N(CC)CC)cc2N=O)c(O)c1. The molecule has 0 aromatic heterocycles. The minimum Gasteiger partial charge on any atom is -0.507 e. The smallest absolute Gasteiger partial charge is 0.338 e. The van der Waals surface area contributed by atoms with Gasteiger partial charge in [0.15, 0.2) is 11.6 Å². The number of nitroso groups, excluding NO2 is 1. The first-order valence-corrected chi connectivity index (χ1v) is 16.6. The number of ether oxygens (including phenoxy) is 2. The van der Waals surface area contributed by atoms with Gasteiger partial charge in [0.05, 0.1) is 35.5 Å². The number of aromatic hydroxyl groups is 1. The first kappa shape index (κ1) is 37.0. The predicted octanol–water partition coefficient (Wildman–Crippen LogP) is 7.35. The molecule has 4 aromatic carbocycles. The number of phenols is 1. The molecule has 11 nitrogen and oxygen atoms in total. The Kier molecular flexibility index (Phi) is 13.0. The van der Waals surface area contributed by atoms with E-state index in [-0.39, 0.29) is 64.5 Å². The van der Waals surface area contributed by atoms with Gasteiger partial charge >= 0.3 is 11.9 Å². The highest BCUT2D eigenvalue weighted by Crippen LogP contribution is 2.30. The molecule has 0 atom stereocenters. The Balaban J connectivity index is 1.37. The number of hydrogen-bond donors (Lipinski definition) is 1. The van der Waals surface area contributed by atoms with Crippen LogP contribution in [0.25, 0.3) is 0 Å². The maximum atomic E-state index is 13.5. The molecule has 4 rings (SSSR count). The molecule has 260 valence electrons. The van der Waals surface area contributed by atoms with Crippen LogP contribution < -0.4 is 9.80 Å². The summed E-state index contributed by atoms with van der Waals surface area (Å²) < 4.78 is 10.8. The van der Waals surface area contributed by atoms with Crippen molar-refractivity contribution in [1.82, 2.24) is 0 Å². The number of rotatable bonds is 17. The van der Waals surface area contributed by atoms with Crippen molar-refractivity contribution in [1.29, 1.82) is 0 Å². The first-order valence-electron chi connectivity index (χ1n) is 16.6. The van der Waals surface area contributed by atoms with Gasteiger partial charge in [-0.1, -0.05) is 36.4 Å². The molecule has 0 aliphatic rings. The molecule has 0 heterocycles. The van der Waals surface area contributed by atoms with Gasteiger partial charge in [0.1, 0.15) is 11.4 Å². The minimum atomic E-state index is -0.761. The fourth-order valence-electron chi connectivity index (χ4n) is 5.62. The number of nitrogens with zero attached hydrogens (tertiary/aromatic N) is 3. The maximum Gasteiger partial charge on any atom is 0.338 e. The third-order valence-electron chi connectivity index (χ3n) is 8.35. The highest BCUT2D eigenvalue weighted by atomic mass is 16.5. The van der Waals surface area contributed by atoms with Crippen molar-refractivity contribution in [2.24, 2.45) is 5.18 Å². The second kappa shape index (κ2) is 17.5. The summed E-state index contributed by atoms with van der Waals surface area (Å²) in [6, 6.07) is 21.9. The molecule has 4 aromatic rings. The van der Waals surface area contributed by atoms with Gasteiger partial charge in [-0.15, -0.1) is 4.91 Å². The molecule has 0 saturated carbocycles. The van der Waals surface area contributed by atoms with Gasteiger partial charge < -0.3 is 24.4 Å². The lowest BCUT2D eigenvalue weighted by molar-refractivity contribution is 0.0392. The highest BCUT2D eigenvalue weighted by Gasteiger charge is 2.24. The number of anilines is 2. The molecule has 50 heavy (non-hydrogen) atoms. The normalized spacial score (nSPS) is 10.6. The van der Waals surface area contributed by atoms with E-state index in [1.54, 1.807) is 42.5 Å². The molecule has 0 amide bonds. The quantitative estimate of drug-likeness (QED) is 0.0521. The number of carbonyl (C=O) groups excluding carboxylic acids is 4. The summed E-state index contributed by atoms with van der Waals surface area (Å²) in [6.07, 6.45) is 0.142. The van der Waals surface area contributed by atoms with Crippen molar-refractivity contribution in [3.05, 3.63) is 123 Å². The molecule has 0 aliphatic heterocycles. The van der Waals surface area contributed by atoms with E-state index in [1.165, 1.54) is 42.5 Å². The van der Waals surface area contributed by atoms with Crippen LogP contribution in [0.15, 0.2) is 90.1 Å². The molecule has 0 bridgehead atoms. The van der Waals surface area contributed by atoms with Gasteiger partial charge in [-0.05, 0) is 75.3 Å². The predicted molar refractivity (Wildman–Crippen MR) is 192 cm³/mol. The van der Waals surface area contributed by atoms with Crippen LogP contribution in [0.5, 0.6) is 5.75 Å². The molecule has 0 fully saturated rings. The van der Waals surface area contributed by atoms with E-state index >= 15 is 0 Å². The van der Waals surface area contributed by atoms with Crippen molar-refractivity contribution in [3.63, 3.8) is 0 Å². The van der Waals surface area contributed by atoms with Crippen molar-refractivity contribution < 1.29 is 33.8 Å². The molecular weight excluding hydrogens is 638 g/mol. The molecular formula is C39H41N3O8. The summed E-state index contributed by atoms with van der Waals surface area (Å²) >= 11 is 0. The van der Waals surface area contributed by atoms with E-state index in [1.807, 2.05) is 37.5 Å². The molecule has 0 unspecified atom stereocenters. The summed E-state index contributed by atoms with van der Waals surface area (Å²) in [5.74, 6) is -2.78. The van der Waals surface area contributed by atoms with Crippen LogP contribution >= 0.6 is 0 Å². The third-order valence-corrected chi connectivity index (χ3v) is 8.35. The lowest BCUT2D eigenvalue weighted by atomic mass is 9.97. The Labute approximate surface area is 291 Å². The molecule has 0 saturated heterocycles. The van der Waals surface area contributed by atoms with Crippen LogP contribution in [-0.4, -0.2) is 68.0 Å². The van der Waals surface area contributed by atoms with E-state index in [0.717, 1.165) is 24.5 Å². The molecule has 0 radical (unpaired) electrons. The fourth-order valence-corrected chi connectivity index (χ4v) is 5.62. The molecule has 11 heteroatoms. The second-order valence-corrected chi connectivity index (χ2v) is 11.2. The van der Waals surface area contributed by atoms with Crippen molar-refractivity contribution >= 4 is 40.6 Å². The van der Waals surface area contributed by atoms with Gasteiger partial charge in [0.25, 0.3) is 0 Å². The monoisotopic (exact) mass is 679 g/mol. The number of benzene rings is 4. The van der Waals surface area contributed by atoms with Crippen molar-refractivity contribution in [2.75, 3.05) is 49.2 Å². The lowest BCUT2D eigenvalue weighted by Crippen LogP contribution is -2.21. The zero-order chi connectivity index (χ0) is 36.2. The number of phenolic OH excluding ortho intramolecular Hbond substituents is 1. The zero-order valence-electron chi connectivity index (χ0n) is 28.7. The minimum absolute atomic E-state index is 0.0139. The number of esters is 2. The Morgan fingerprint density at radius 1 is 0.580 bits per heavy atom. The van der Waals surface area contributed by atoms with Gasteiger partial charge in [-0.25, -0.2) is 9.59 Å². The maximum absolute atomic E-state index is 13.5. The van der Waals surface area contributed by atoms with Gasteiger partial charge in [-0.3, -0.25) is 9.59 Å². The topological polar surface area (TPSA) is 143 Å². The van der Waals surface area contributed by atoms with Crippen LogP contribution in [-0.2, 0) is 9.47 Å². The van der Waals surface area contributed by atoms with E-state index in [2.05, 4.69) is 5.18 Å². The summed E-state index contributed by atoms with van der Waals surface area (Å²) in [7, 11) is 0. The van der Waals surface area contributed by atoms with E-state index in [0.29, 0.717) is 13.1 Å². The Morgan fingerprint density at radius 3 is 1.44 bits per heavy atom. The van der Waals surface area contributed by atoms with E-state index < -0.39 is 23.5 Å². The average Bonchev–Trinajstić information content (AvgIpc) is 3.15. The molecule has 0 aliphatic carbocycles. The number of hydrogen-bond acceptors (Lipinski definition) is 11. The average molecular weight is 680 g/mol. The van der Waals surface area contributed by atoms with Crippen molar-refractivity contribution in [2.45, 2.75) is 34.1 Å². The van der Waals surface area contributed by atoms with Crippen LogP contribution in [0.2, 0.25) is 0 Å². The summed E-state index contributed by atoms with van der Waals surface area (Å²) in [5.41, 5.74) is 1.80. The Hall–Kier alpha value is -5.84. The summed E-state index contributed by atoms with van der Waals surface area (Å²) in [4.78, 5) is 68.6. The van der Waals surface area contributed by atoms with Crippen LogP contribution in [0.1, 0.15) is 86.7 Å². The summed E-state index contributed by atoms with van der Waals surface area (Å²) in [5, 5.41) is 13.7. The van der Waals surface area contributed by atoms with Gasteiger partial charge in [-0.2, -0.15) is 0 Å². The highest BCUT2D eigenvalue weighted by molar-refractivity contribution is 6.17. The van der Waals surface area contributed by atoms with Gasteiger partial charge in [0, 0.05) is 61.2 Å². The van der Waals surface area contributed by atoms with Crippen LogP contribution in [0.4, 0.5) is 17.1 Å². The van der Waals surface area contributed by atoms with Crippen LogP contribution in [0, 0.1) is 4.91 Å². The van der Waals surface area contributed by atoms with Crippen LogP contribution in [0.3, 0.4) is 0 Å². The second-order valence-electron chi connectivity index (χ2n) is 11.2. The summed E-state index contributed by atoms with van der Waals surface area (Å²) in [6.45, 7) is 10.6. The standard InChI is InChI=1S/C39H41N3O8/c1-5-41(6-2)26-18-20-32(34(24-26)40-48)36(44)28-14-9-11-16-30(28)38(46)49-22-13-23-50-39(47)31-17-12-10-15-29(31)37(45)33-21-19-27(25-35(33)43)42(7-3)8-4/h9-12,14-21,24-25,43H,5-8,13,22-23H2,1-4H3. The zero-order valence-corrected chi connectivity index (χ0v) is 28.7. The largest absolute Gasteiger partial charge is 0.507 e. The van der Waals surface area contributed by atoms with Crippen molar-refractivity contribution in [3.8, 4) is 5.75 Å². The van der Waals surface area contributed by atoms with Gasteiger partial charge in [0.2, 0.25) is 0 Å². The molecule has 0 spiro atoms. The molecule has 1 N–H and O–H groups in total. The van der Waals surface area contributed by atoms with E-state index in [9.17, 15) is 29.2 Å².